The minimum absolute atomic E-state index is 0.0726. The minimum atomic E-state index is -0.180. The number of para-hydroxylation sites is 2. The summed E-state index contributed by atoms with van der Waals surface area (Å²) in [7, 11) is 0. The number of carbonyl (C=O) groups excluding carboxylic acids is 1. The lowest BCUT2D eigenvalue weighted by molar-refractivity contribution is -0.120. The van der Waals surface area contributed by atoms with Gasteiger partial charge in [-0.15, -0.1) is 0 Å². The van der Waals surface area contributed by atoms with Crippen LogP contribution < -0.4 is 15.5 Å². The van der Waals surface area contributed by atoms with Crippen molar-refractivity contribution in [1.82, 2.24) is 5.32 Å². The average Bonchev–Trinajstić information content (AvgIpc) is 2.63. The summed E-state index contributed by atoms with van der Waals surface area (Å²) >= 11 is 0. The first kappa shape index (κ1) is 18.1. The molecule has 2 aliphatic rings. The quantitative estimate of drug-likeness (QED) is 0.768. The van der Waals surface area contributed by atoms with Crippen LogP contribution >= 0.6 is 0 Å². The number of aliphatic hydroxyl groups excluding tert-OH is 1. The van der Waals surface area contributed by atoms with E-state index in [1.165, 1.54) is 12.8 Å². The van der Waals surface area contributed by atoms with Crippen LogP contribution in [0.15, 0.2) is 24.3 Å². The molecule has 1 aromatic carbocycles. The van der Waals surface area contributed by atoms with Gasteiger partial charge in [0.05, 0.1) is 24.0 Å². The number of piperidine rings is 1. The molecule has 1 amide bonds. The van der Waals surface area contributed by atoms with E-state index in [-0.39, 0.29) is 12.0 Å². The van der Waals surface area contributed by atoms with Gasteiger partial charge >= 0.3 is 0 Å². The predicted octanol–water partition coefficient (Wildman–Crippen LogP) is 2.75. The smallest absolute Gasteiger partial charge is 0.239 e. The first-order chi connectivity index (χ1) is 12.1. The topological polar surface area (TPSA) is 64.6 Å². The van der Waals surface area contributed by atoms with Crippen LogP contribution in [0.5, 0.6) is 0 Å². The SMILES string of the molecule is CC1CCC(NC(=O)CNc2ccccc2N2CCC(O)CC2)CC1. The van der Waals surface area contributed by atoms with E-state index in [1.54, 1.807) is 0 Å². The van der Waals surface area contributed by atoms with Crippen molar-refractivity contribution >= 4 is 17.3 Å². The number of benzene rings is 1. The summed E-state index contributed by atoms with van der Waals surface area (Å²) in [6.45, 7) is 4.30. The summed E-state index contributed by atoms with van der Waals surface area (Å²) in [6.07, 6.45) is 6.04. The van der Waals surface area contributed by atoms with Gasteiger partial charge < -0.3 is 20.6 Å². The molecule has 0 radical (unpaired) electrons. The van der Waals surface area contributed by atoms with Crippen molar-refractivity contribution in [3.05, 3.63) is 24.3 Å². The molecule has 0 aromatic heterocycles. The molecule has 1 aliphatic carbocycles. The van der Waals surface area contributed by atoms with Crippen LogP contribution in [-0.4, -0.2) is 42.8 Å². The standard InChI is InChI=1S/C20H31N3O2/c1-15-6-8-16(9-7-15)22-20(25)14-21-18-4-2-3-5-19(18)23-12-10-17(24)11-13-23/h2-5,15-17,21,24H,6-14H2,1H3,(H,22,25). The normalized spacial score (nSPS) is 24.8. The van der Waals surface area contributed by atoms with Crippen LogP contribution in [0.4, 0.5) is 11.4 Å². The molecule has 2 fully saturated rings. The third-order valence-electron chi connectivity index (χ3n) is 5.53. The van der Waals surface area contributed by atoms with Crippen LogP contribution in [0.1, 0.15) is 45.4 Å². The van der Waals surface area contributed by atoms with Crippen LogP contribution in [0.2, 0.25) is 0 Å². The molecule has 5 nitrogen and oxygen atoms in total. The second kappa shape index (κ2) is 8.56. The summed E-state index contributed by atoms with van der Waals surface area (Å²) in [4.78, 5) is 14.6. The summed E-state index contributed by atoms with van der Waals surface area (Å²) in [5.74, 6) is 0.865. The highest BCUT2D eigenvalue weighted by Crippen LogP contribution is 2.28. The van der Waals surface area contributed by atoms with Crippen LogP contribution in [0, 0.1) is 5.92 Å². The van der Waals surface area contributed by atoms with Crippen molar-refractivity contribution in [1.29, 1.82) is 0 Å². The van der Waals surface area contributed by atoms with Crippen molar-refractivity contribution in [3.8, 4) is 0 Å². The van der Waals surface area contributed by atoms with E-state index in [4.69, 9.17) is 0 Å². The number of amides is 1. The molecule has 1 heterocycles. The van der Waals surface area contributed by atoms with E-state index in [0.29, 0.717) is 12.6 Å². The van der Waals surface area contributed by atoms with Crippen molar-refractivity contribution in [2.24, 2.45) is 5.92 Å². The van der Waals surface area contributed by atoms with E-state index in [1.807, 2.05) is 18.2 Å². The van der Waals surface area contributed by atoms with Gasteiger partial charge in [0.1, 0.15) is 0 Å². The molecule has 138 valence electrons. The molecule has 0 unspecified atom stereocenters. The summed E-state index contributed by atoms with van der Waals surface area (Å²) in [5.41, 5.74) is 2.11. The number of carbonyl (C=O) groups is 1. The molecular weight excluding hydrogens is 314 g/mol. The van der Waals surface area contributed by atoms with Crippen molar-refractivity contribution in [3.63, 3.8) is 0 Å². The van der Waals surface area contributed by atoms with Crippen molar-refractivity contribution < 1.29 is 9.90 Å². The molecule has 3 N–H and O–H groups in total. The van der Waals surface area contributed by atoms with Gasteiger partial charge in [-0.2, -0.15) is 0 Å². The number of anilines is 2. The lowest BCUT2D eigenvalue weighted by Crippen LogP contribution is -2.40. The number of rotatable bonds is 5. The maximum Gasteiger partial charge on any atom is 0.239 e. The molecule has 5 heteroatoms. The Morgan fingerprint density at radius 1 is 1.12 bits per heavy atom. The molecule has 25 heavy (non-hydrogen) atoms. The molecule has 3 rings (SSSR count). The molecule has 1 saturated carbocycles. The van der Waals surface area contributed by atoms with E-state index >= 15 is 0 Å². The Balaban J connectivity index is 1.52. The fourth-order valence-corrected chi connectivity index (χ4v) is 3.86. The Morgan fingerprint density at radius 2 is 1.80 bits per heavy atom. The van der Waals surface area contributed by atoms with E-state index in [9.17, 15) is 9.90 Å². The number of hydrogen-bond acceptors (Lipinski definition) is 4. The van der Waals surface area contributed by atoms with E-state index in [0.717, 1.165) is 56.1 Å². The number of hydrogen-bond donors (Lipinski definition) is 3. The molecule has 0 spiro atoms. The van der Waals surface area contributed by atoms with Gasteiger partial charge in [-0.3, -0.25) is 4.79 Å². The molecule has 0 atom stereocenters. The van der Waals surface area contributed by atoms with Crippen molar-refractivity contribution in [2.45, 2.75) is 57.6 Å². The first-order valence-electron chi connectivity index (χ1n) is 9.67. The summed E-state index contributed by atoms with van der Waals surface area (Å²) in [5, 5.41) is 16.2. The monoisotopic (exact) mass is 345 g/mol. The van der Waals surface area contributed by atoms with Gasteiger partial charge in [0, 0.05) is 19.1 Å². The Bertz CT molecular complexity index is 562. The van der Waals surface area contributed by atoms with Crippen molar-refractivity contribution in [2.75, 3.05) is 29.9 Å². The lowest BCUT2D eigenvalue weighted by atomic mass is 9.87. The number of nitrogens with zero attached hydrogens (tertiary/aromatic N) is 1. The first-order valence-corrected chi connectivity index (χ1v) is 9.67. The van der Waals surface area contributed by atoms with Gasteiger partial charge in [-0.05, 0) is 56.6 Å². The zero-order valence-corrected chi connectivity index (χ0v) is 15.2. The third-order valence-corrected chi connectivity index (χ3v) is 5.53. The summed E-state index contributed by atoms with van der Waals surface area (Å²) in [6, 6.07) is 8.46. The predicted molar refractivity (Wildman–Crippen MR) is 102 cm³/mol. The third kappa shape index (κ3) is 5.11. The second-order valence-electron chi connectivity index (χ2n) is 7.61. The van der Waals surface area contributed by atoms with Crippen LogP contribution in [-0.2, 0) is 4.79 Å². The van der Waals surface area contributed by atoms with E-state index in [2.05, 4.69) is 28.5 Å². The van der Waals surface area contributed by atoms with Gasteiger partial charge in [-0.1, -0.05) is 19.1 Å². The molecule has 0 bridgehead atoms. The average molecular weight is 345 g/mol. The Morgan fingerprint density at radius 3 is 2.52 bits per heavy atom. The highest BCUT2D eigenvalue weighted by atomic mass is 16.3. The second-order valence-corrected chi connectivity index (χ2v) is 7.61. The van der Waals surface area contributed by atoms with E-state index < -0.39 is 0 Å². The highest BCUT2D eigenvalue weighted by molar-refractivity contribution is 5.83. The maximum absolute atomic E-state index is 12.3. The molecular formula is C20H31N3O2. The molecule has 1 aromatic rings. The van der Waals surface area contributed by atoms with Gasteiger partial charge in [0.15, 0.2) is 0 Å². The van der Waals surface area contributed by atoms with Gasteiger partial charge in [0.25, 0.3) is 0 Å². The zero-order valence-electron chi connectivity index (χ0n) is 15.2. The summed E-state index contributed by atoms with van der Waals surface area (Å²) < 4.78 is 0. The van der Waals surface area contributed by atoms with Crippen LogP contribution in [0.3, 0.4) is 0 Å². The van der Waals surface area contributed by atoms with Gasteiger partial charge in [0.2, 0.25) is 5.91 Å². The number of aliphatic hydroxyl groups is 1. The molecule has 1 aliphatic heterocycles. The minimum Gasteiger partial charge on any atom is -0.393 e. The Labute approximate surface area is 150 Å². The fraction of sp³-hybridized carbons (Fsp3) is 0.650. The highest BCUT2D eigenvalue weighted by Gasteiger charge is 2.21. The fourth-order valence-electron chi connectivity index (χ4n) is 3.86. The largest absolute Gasteiger partial charge is 0.393 e. The maximum atomic E-state index is 12.3. The van der Waals surface area contributed by atoms with Crippen LogP contribution in [0.25, 0.3) is 0 Å². The number of nitrogens with one attached hydrogen (secondary N) is 2. The lowest BCUT2D eigenvalue weighted by Gasteiger charge is -2.33. The molecule has 1 saturated heterocycles. The van der Waals surface area contributed by atoms with Gasteiger partial charge in [-0.25, -0.2) is 0 Å². The zero-order chi connectivity index (χ0) is 17.6. The Kier molecular flexibility index (Phi) is 6.19. The Hall–Kier alpha value is -1.75.